The van der Waals surface area contributed by atoms with Gasteiger partial charge in [-0.2, -0.15) is 0 Å². The molecule has 0 saturated heterocycles. The normalized spacial score (nSPS) is 10.8. The van der Waals surface area contributed by atoms with Crippen molar-refractivity contribution in [3.63, 3.8) is 0 Å². The fourth-order valence-electron chi connectivity index (χ4n) is 1.87. The molecule has 4 N–H and O–H groups in total. The van der Waals surface area contributed by atoms with Crippen LogP contribution in [0.5, 0.6) is 0 Å². The maximum absolute atomic E-state index is 11.4. The van der Waals surface area contributed by atoms with E-state index in [1.54, 1.807) is 0 Å². The Hall–Kier alpha value is -2.24. The van der Waals surface area contributed by atoms with Gasteiger partial charge in [0, 0.05) is 24.5 Å². The Morgan fingerprint density at radius 3 is 1.41 bits per heavy atom. The van der Waals surface area contributed by atoms with Gasteiger partial charge in [-0.25, -0.2) is 9.59 Å². The van der Waals surface area contributed by atoms with E-state index in [9.17, 15) is 19.8 Å². The number of carbonyl (C=O) groups is 2. The van der Waals surface area contributed by atoms with Gasteiger partial charge in [0.1, 0.15) is 0 Å². The fraction of sp³-hybridized carbons (Fsp3) is 0.500. The first-order chi connectivity index (χ1) is 10.2. The average Bonchev–Trinajstić information content (AvgIpc) is 2.41. The second kappa shape index (κ2) is 7.68. The van der Waals surface area contributed by atoms with E-state index in [-0.39, 0.29) is 11.1 Å². The minimum Gasteiger partial charge on any atom is -0.478 e. The number of carboxylic acid groups (broad SMARTS) is 2. The molecule has 0 saturated carbocycles. The second-order valence-electron chi connectivity index (χ2n) is 6.10. The molecule has 1 aromatic carbocycles. The number of benzene rings is 1. The molecule has 0 amide bonds. The molecule has 0 bridgehead atoms. The molecule has 0 radical (unpaired) electrons. The lowest BCUT2D eigenvalue weighted by Crippen LogP contribution is -2.16. The van der Waals surface area contributed by atoms with E-state index in [1.807, 2.05) is 27.7 Å². The molecular formula is C16H24N2O4. The van der Waals surface area contributed by atoms with Crippen LogP contribution in [0, 0.1) is 11.8 Å². The van der Waals surface area contributed by atoms with E-state index >= 15 is 0 Å². The summed E-state index contributed by atoms with van der Waals surface area (Å²) in [6, 6.07) is 2.77. The second-order valence-corrected chi connectivity index (χ2v) is 6.10. The Balaban J connectivity index is 3.24. The number of rotatable bonds is 8. The van der Waals surface area contributed by atoms with Crippen LogP contribution in [0.25, 0.3) is 0 Å². The van der Waals surface area contributed by atoms with E-state index in [0.717, 1.165) is 0 Å². The van der Waals surface area contributed by atoms with Crippen LogP contribution >= 0.6 is 0 Å². The van der Waals surface area contributed by atoms with Crippen LogP contribution in [0.2, 0.25) is 0 Å². The molecule has 0 atom stereocenters. The van der Waals surface area contributed by atoms with Gasteiger partial charge >= 0.3 is 11.9 Å². The Morgan fingerprint density at radius 2 is 1.18 bits per heavy atom. The summed E-state index contributed by atoms with van der Waals surface area (Å²) in [5.41, 5.74) is 0.788. The third-order valence-electron chi connectivity index (χ3n) is 3.02. The molecule has 0 aliphatic rings. The molecule has 1 rings (SSSR count). The lowest BCUT2D eigenvalue weighted by atomic mass is 10.0. The van der Waals surface area contributed by atoms with Gasteiger partial charge in [0.2, 0.25) is 0 Å². The van der Waals surface area contributed by atoms with Crippen molar-refractivity contribution in [3.8, 4) is 0 Å². The summed E-state index contributed by atoms with van der Waals surface area (Å²) in [7, 11) is 0. The summed E-state index contributed by atoms with van der Waals surface area (Å²) in [5, 5.41) is 24.7. The molecule has 122 valence electrons. The molecule has 22 heavy (non-hydrogen) atoms. The summed E-state index contributed by atoms with van der Waals surface area (Å²) in [6.07, 6.45) is 0. The zero-order chi connectivity index (χ0) is 16.9. The lowest BCUT2D eigenvalue weighted by Gasteiger charge is -2.17. The lowest BCUT2D eigenvalue weighted by molar-refractivity contribution is 0.0682. The molecular weight excluding hydrogens is 284 g/mol. The van der Waals surface area contributed by atoms with Gasteiger partial charge in [0.15, 0.2) is 0 Å². The number of aromatic carboxylic acids is 2. The topological polar surface area (TPSA) is 98.7 Å². The van der Waals surface area contributed by atoms with Gasteiger partial charge in [-0.3, -0.25) is 0 Å². The van der Waals surface area contributed by atoms with Crippen molar-refractivity contribution in [1.82, 2.24) is 0 Å². The predicted octanol–water partition coefficient (Wildman–Crippen LogP) is 3.22. The summed E-state index contributed by atoms with van der Waals surface area (Å²) >= 11 is 0. The van der Waals surface area contributed by atoms with E-state index in [2.05, 4.69) is 10.6 Å². The molecule has 0 unspecified atom stereocenters. The highest BCUT2D eigenvalue weighted by Gasteiger charge is 2.19. The number of nitrogens with one attached hydrogen (secondary N) is 2. The maximum atomic E-state index is 11.4. The van der Waals surface area contributed by atoms with Gasteiger partial charge in [0.25, 0.3) is 0 Å². The maximum Gasteiger partial charge on any atom is 0.337 e. The van der Waals surface area contributed by atoms with Crippen LogP contribution in [-0.2, 0) is 0 Å². The first-order valence-electron chi connectivity index (χ1n) is 7.34. The largest absolute Gasteiger partial charge is 0.478 e. The molecule has 0 heterocycles. The van der Waals surface area contributed by atoms with Crippen LogP contribution in [0.15, 0.2) is 12.1 Å². The van der Waals surface area contributed by atoms with Crippen LogP contribution in [0.1, 0.15) is 48.4 Å². The minimum absolute atomic E-state index is 0.0666. The number of hydrogen-bond acceptors (Lipinski definition) is 4. The van der Waals surface area contributed by atoms with Crippen LogP contribution in [0.4, 0.5) is 11.4 Å². The first kappa shape index (κ1) is 17.8. The Bertz CT molecular complexity index is 504. The number of anilines is 2. The molecule has 1 aromatic rings. The molecule has 6 heteroatoms. The van der Waals surface area contributed by atoms with Gasteiger partial charge in [-0.1, -0.05) is 27.7 Å². The van der Waals surface area contributed by atoms with Crippen molar-refractivity contribution in [2.75, 3.05) is 23.7 Å². The Labute approximate surface area is 130 Å². The van der Waals surface area contributed by atoms with Crippen molar-refractivity contribution in [3.05, 3.63) is 23.3 Å². The van der Waals surface area contributed by atoms with Crippen LogP contribution in [0.3, 0.4) is 0 Å². The first-order valence-corrected chi connectivity index (χ1v) is 7.34. The Kier molecular flexibility index (Phi) is 6.22. The summed E-state index contributed by atoms with van der Waals surface area (Å²) < 4.78 is 0. The highest BCUT2D eigenvalue weighted by molar-refractivity contribution is 6.02. The van der Waals surface area contributed by atoms with Crippen molar-refractivity contribution in [2.45, 2.75) is 27.7 Å². The standard InChI is InChI=1S/C16H24N2O4/c1-9(2)7-17-13-5-12(16(21)22)14(18-8-10(3)4)6-11(13)15(19)20/h5-6,9-10,17-18H,7-8H2,1-4H3,(H,19,20)(H,21,22). The van der Waals surface area contributed by atoms with Crippen molar-refractivity contribution < 1.29 is 19.8 Å². The van der Waals surface area contributed by atoms with Crippen LogP contribution < -0.4 is 10.6 Å². The monoisotopic (exact) mass is 308 g/mol. The smallest absolute Gasteiger partial charge is 0.337 e. The summed E-state index contributed by atoms with van der Waals surface area (Å²) in [5.74, 6) is -1.55. The predicted molar refractivity (Wildman–Crippen MR) is 87.0 cm³/mol. The zero-order valence-electron chi connectivity index (χ0n) is 13.4. The molecule has 6 nitrogen and oxygen atoms in total. The SMILES string of the molecule is CC(C)CNc1cc(C(=O)O)c(NCC(C)C)cc1C(=O)O. The van der Waals surface area contributed by atoms with E-state index in [0.29, 0.717) is 36.3 Å². The molecule has 0 fully saturated rings. The quantitative estimate of drug-likeness (QED) is 0.588. The van der Waals surface area contributed by atoms with Gasteiger partial charge in [0.05, 0.1) is 11.1 Å². The molecule has 0 spiro atoms. The summed E-state index contributed by atoms with van der Waals surface area (Å²) in [4.78, 5) is 22.8. The highest BCUT2D eigenvalue weighted by Crippen LogP contribution is 2.26. The average molecular weight is 308 g/mol. The van der Waals surface area contributed by atoms with Gasteiger partial charge in [-0.05, 0) is 24.0 Å². The van der Waals surface area contributed by atoms with Gasteiger partial charge < -0.3 is 20.8 Å². The van der Waals surface area contributed by atoms with Crippen molar-refractivity contribution in [1.29, 1.82) is 0 Å². The molecule has 0 aromatic heterocycles. The Morgan fingerprint density at radius 1 is 0.864 bits per heavy atom. The van der Waals surface area contributed by atoms with Crippen molar-refractivity contribution >= 4 is 23.3 Å². The summed E-state index contributed by atoms with van der Waals surface area (Å²) in [6.45, 7) is 9.10. The van der Waals surface area contributed by atoms with Crippen LogP contribution in [-0.4, -0.2) is 35.2 Å². The third kappa shape index (κ3) is 4.95. The highest BCUT2D eigenvalue weighted by atomic mass is 16.4. The molecule has 0 aliphatic carbocycles. The van der Waals surface area contributed by atoms with E-state index < -0.39 is 11.9 Å². The number of hydrogen-bond donors (Lipinski definition) is 4. The molecule has 0 aliphatic heterocycles. The van der Waals surface area contributed by atoms with E-state index in [4.69, 9.17) is 0 Å². The fourth-order valence-corrected chi connectivity index (χ4v) is 1.87. The zero-order valence-corrected chi connectivity index (χ0v) is 13.4. The number of carboxylic acids is 2. The van der Waals surface area contributed by atoms with Gasteiger partial charge in [-0.15, -0.1) is 0 Å². The van der Waals surface area contributed by atoms with Crippen molar-refractivity contribution in [2.24, 2.45) is 11.8 Å². The minimum atomic E-state index is -1.09. The third-order valence-corrected chi connectivity index (χ3v) is 3.02. The van der Waals surface area contributed by atoms with E-state index in [1.165, 1.54) is 12.1 Å².